The van der Waals surface area contributed by atoms with Crippen LogP contribution in [0.25, 0.3) is 0 Å². The highest BCUT2D eigenvalue weighted by atomic mass is 16.2. The number of urea groups is 1. The molecule has 0 aliphatic carbocycles. The highest BCUT2D eigenvalue weighted by Gasteiger charge is 2.21. The second kappa shape index (κ2) is 6.83. The summed E-state index contributed by atoms with van der Waals surface area (Å²) in [4.78, 5) is 14.3. The van der Waals surface area contributed by atoms with Crippen LogP contribution in [0, 0.1) is 5.41 Å². The van der Waals surface area contributed by atoms with Crippen molar-refractivity contribution < 1.29 is 4.79 Å². The summed E-state index contributed by atoms with van der Waals surface area (Å²) < 4.78 is 0. The maximum absolute atomic E-state index is 11.9. The molecule has 1 saturated heterocycles. The van der Waals surface area contributed by atoms with Gasteiger partial charge in [-0.1, -0.05) is 39.0 Å². The average molecular weight is 289 g/mol. The van der Waals surface area contributed by atoms with Gasteiger partial charge in [0.25, 0.3) is 0 Å². The molecule has 0 saturated carbocycles. The number of benzene rings is 1. The van der Waals surface area contributed by atoms with Crippen molar-refractivity contribution >= 4 is 11.7 Å². The lowest BCUT2D eigenvalue weighted by molar-refractivity contribution is 0.229. The monoisotopic (exact) mass is 289 g/mol. The molecule has 4 heteroatoms. The van der Waals surface area contributed by atoms with Gasteiger partial charge in [-0.25, -0.2) is 4.79 Å². The third-order valence-corrected chi connectivity index (χ3v) is 3.73. The molecule has 0 bridgehead atoms. The summed E-state index contributed by atoms with van der Waals surface area (Å²) in [6, 6.07) is 10.7. The quantitative estimate of drug-likeness (QED) is 0.898. The van der Waals surface area contributed by atoms with Gasteiger partial charge < -0.3 is 15.5 Å². The Hall–Kier alpha value is -1.71. The molecule has 2 amide bonds. The first kappa shape index (κ1) is 15.7. The smallest absolute Gasteiger partial charge is 0.315 e. The fraction of sp³-hybridized carbons (Fsp3) is 0.588. The molecule has 0 aromatic heterocycles. The van der Waals surface area contributed by atoms with Crippen LogP contribution >= 0.6 is 0 Å². The third-order valence-electron chi connectivity index (χ3n) is 3.73. The van der Waals surface area contributed by atoms with E-state index in [0.717, 1.165) is 25.9 Å². The molecule has 1 aromatic carbocycles. The normalized spacial score (nSPS) is 16.6. The predicted octanol–water partition coefficient (Wildman–Crippen LogP) is 3.00. The Morgan fingerprint density at radius 1 is 1.19 bits per heavy atom. The molecular formula is C17H27N3O. The van der Waals surface area contributed by atoms with Gasteiger partial charge in [0.1, 0.15) is 0 Å². The van der Waals surface area contributed by atoms with Crippen molar-refractivity contribution in [2.45, 2.75) is 39.7 Å². The van der Waals surface area contributed by atoms with E-state index < -0.39 is 0 Å². The van der Waals surface area contributed by atoms with Crippen molar-refractivity contribution in [1.82, 2.24) is 10.6 Å². The van der Waals surface area contributed by atoms with Crippen molar-refractivity contribution in [2.24, 2.45) is 5.41 Å². The molecule has 1 aliphatic rings. The summed E-state index contributed by atoms with van der Waals surface area (Å²) in [5.74, 6) is 0. The van der Waals surface area contributed by atoms with Crippen molar-refractivity contribution in [2.75, 3.05) is 24.5 Å². The number of piperidine rings is 1. The maximum Gasteiger partial charge on any atom is 0.315 e. The maximum atomic E-state index is 11.9. The summed E-state index contributed by atoms with van der Waals surface area (Å²) in [6.45, 7) is 9.03. The Morgan fingerprint density at radius 2 is 1.81 bits per heavy atom. The van der Waals surface area contributed by atoms with Gasteiger partial charge >= 0.3 is 6.03 Å². The van der Waals surface area contributed by atoms with Crippen LogP contribution in [-0.4, -0.2) is 31.7 Å². The molecule has 1 aliphatic heterocycles. The minimum atomic E-state index is -0.0388. The van der Waals surface area contributed by atoms with E-state index in [0.29, 0.717) is 6.54 Å². The van der Waals surface area contributed by atoms with Gasteiger partial charge in [-0.05, 0) is 30.4 Å². The zero-order valence-corrected chi connectivity index (χ0v) is 13.4. The minimum Gasteiger partial charge on any atom is -0.371 e. The van der Waals surface area contributed by atoms with E-state index in [-0.39, 0.29) is 17.5 Å². The van der Waals surface area contributed by atoms with Gasteiger partial charge in [-0.3, -0.25) is 0 Å². The van der Waals surface area contributed by atoms with Gasteiger partial charge in [0.2, 0.25) is 0 Å². The average Bonchev–Trinajstić information content (AvgIpc) is 2.46. The SMILES string of the molecule is CC(C)(C)CNC(=O)NC1CCN(c2ccccc2)CC1. The largest absolute Gasteiger partial charge is 0.371 e. The minimum absolute atomic E-state index is 0.0388. The van der Waals surface area contributed by atoms with Crippen LogP contribution in [0.2, 0.25) is 0 Å². The van der Waals surface area contributed by atoms with E-state index in [1.807, 2.05) is 6.07 Å². The molecular weight excluding hydrogens is 262 g/mol. The molecule has 1 aromatic rings. The standard InChI is InChI=1S/C17H27N3O/c1-17(2,3)13-18-16(21)19-14-9-11-20(12-10-14)15-7-5-4-6-8-15/h4-8,14H,9-13H2,1-3H3,(H2,18,19,21). The van der Waals surface area contributed by atoms with Gasteiger partial charge in [0.15, 0.2) is 0 Å². The molecule has 2 rings (SSSR count). The first-order valence-electron chi connectivity index (χ1n) is 7.78. The van der Waals surface area contributed by atoms with Gasteiger partial charge in [-0.15, -0.1) is 0 Å². The molecule has 0 atom stereocenters. The molecule has 1 heterocycles. The summed E-state index contributed by atoms with van der Waals surface area (Å²) in [6.07, 6.45) is 2.00. The predicted molar refractivity (Wildman–Crippen MR) is 87.7 cm³/mol. The van der Waals surface area contributed by atoms with Crippen molar-refractivity contribution in [1.29, 1.82) is 0 Å². The molecule has 2 N–H and O–H groups in total. The number of hydrogen-bond acceptors (Lipinski definition) is 2. The fourth-order valence-electron chi connectivity index (χ4n) is 2.50. The Morgan fingerprint density at radius 3 is 2.38 bits per heavy atom. The summed E-state index contributed by atoms with van der Waals surface area (Å²) in [5, 5.41) is 6.04. The van der Waals surface area contributed by atoms with E-state index in [2.05, 4.69) is 60.6 Å². The summed E-state index contributed by atoms with van der Waals surface area (Å²) in [5.41, 5.74) is 1.39. The van der Waals surface area contributed by atoms with Gasteiger partial charge in [0.05, 0.1) is 0 Å². The van der Waals surface area contributed by atoms with Crippen LogP contribution in [0.3, 0.4) is 0 Å². The van der Waals surface area contributed by atoms with Crippen LogP contribution in [0.15, 0.2) is 30.3 Å². The Balaban J connectivity index is 1.73. The molecule has 116 valence electrons. The fourth-order valence-corrected chi connectivity index (χ4v) is 2.50. The molecule has 1 fully saturated rings. The van der Waals surface area contributed by atoms with E-state index >= 15 is 0 Å². The number of carbonyl (C=O) groups excluding carboxylic acids is 1. The van der Waals surface area contributed by atoms with E-state index in [9.17, 15) is 4.79 Å². The first-order chi connectivity index (χ1) is 9.94. The molecule has 0 spiro atoms. The van der Waals surface area contributed by atoms with E-state index in [4.69, 9.17) is 0 Å². The lowest BCUT2D eigenvalue weighted by atomic mass is 9.97. The van der Waals surface area contributed by atoms with Crippen LogP contribution in [-0.2, 0) is 0 Å². The van der Waals surface area contributed by atoms with Crippen molar-refractivity contribution in [3.05, 3.63) is 30.3 Å². The number of para-hydroxylation sites is 1. The van der Waals surface area contributed by atoms with Gasteiger partial charge in [0, 0.05) is 31.4 Å². The summed E-state index contributed by atoms with van der Waals surface area (Å²) in [7, 11) is 0. The number of anilines is 1. The van der Waals surface area contributed by atoms with E-state index in [1.54, 1.807) is 0 Å². The number of nitrogens with zero attached hydrogens (tertiary/aromatic N) is 1. The number of carbonyl (C=O) groups is 1. The second-order valence-electron chi connectivity index (χ2n) is 6.98. The number of hydrogen-bond donors (Lipinski definition) is 2. The zero-order valence-electron chi connectivity index (χ0n) is 13.4. The molecule has 0 unspecified atom stereocenters. The zero-order chi connectivity index (χ0) is 15.3. The van der Waals surface area contributed by atoms with E-state index in [1.165, 1.54) is 5.69 Å². The van der Waals surface area contributed by atoms with Crippen LogP contribution in [0.1, 0.15) is 33.6 Å². The van der Waals surface area contributed by atoms with Crippen LogP contribution < -0.4 is 15.5 Å². The lowest BCUT2D eigenvalue weighted by Crippen LogP contribution is -2.49. The topological polar surface area (TPSA) is 44.4 Å². The second-order valence-corrected chi connectivity index (χ2v) is 6.98. The van der Waals surface area contributed by atoms with Crippen LogP contribution in [0.5, 0.6) is 0 Å². The number of nitrogens with one attached hydrogen (secondary N) is 2. The first-order valence-corrected chi connectivity index (χ1v) is 7.78. The third kappa shape index (κ3) is 5.29. The Labute approximate surface area is 127 Å². The Kier molecular flexibility index (Phi) is 5.10. The molecule has 0 radical (unpaired) electrons. The van der Waals surface area contributed by atoms with Crippen LogP contribution in [0.4, 0.5) is 10.5 Å². The molecule has 4 nitrogen and oxygen atoms in total. The lowest BCUT2D eigenvalue weighted by Gasteiger charge is -2.34. The van der Waals surface area contributed by atoms with Gasteiger partial charge in [-0.2, -0.15) is 0 Å². The highest BCUT2D eigenvalue weighted by Crippen LogP contribution is 2.19. The Bertz CT molecular complexity index is 445. The number of rotatable bonds is 3. The van der Waals surface area contributed by atoms with Crippen molar-refractivity contribution in [3.63, 3.8) is 0 Å². The molecule has 21 heavy (non-hydrogen) atoms. The number of amides is 2. The summed E-state index contributed by atoms with van der Waals surface area (Å²) >= 11 is 0. The highest BCUT2D eigenvalue weighted by molar-refractivity contribution is 5.74. The van der Waals surface area contributed by atoms with Crippen molar-refractivity contribution in [3.8, 4) is 0 Å².